The van der Waals surface area contributed by atoms with Gasteiger partial charge < -0.3 is 9.64 Å². The van der Waals surface area contributed by atoms with Crippen LogP contribution in [0.25, 0.3) is 0 Å². The number of hydrogen-bond acceptors (Lipinski definition) is 3. The van der Waals surface area contributed by atoms with Crippen molar-refractivity contribution in [1.29, 1.82) is 0 Å². The van der Waals surface area contributed by atoms with E-state index in [2.05, 4.69) is 11.5 Å². The van der Waals surface area contributed by atoms with Gasteiger partial charge in [-0.1, -0.05) is 36.4 Å². The summed E-state index contributed by atoms with van der Waals surface area (Å²) in [5.74, 6) is 0. The minimum atomic E-state index is -1.52. The van der Waals surface area contributed by atoms with Crippen LogP contribution in [-0.2, 0) is 11.3 Å². The molecule has 4 nitrogen and oxygen atoms in total. The SMILES string of the molecule is C=CCC1(F)CN(Cc2ccccc2)CCN(C(=O)OC(C)(C)C)C1. The van der Waals surface area contributed by atoms with E-state index in [1.54, 1.807) is 6.08 Å². The molecule has 1 fully saturated rings. The summed E-state index contributed by atoms with van der Waals surface area (Å²) in [5, 5.41) is 0. The monoisotopic (exact) mass is 348 g/mol. The lowest BCUT2D eigenvalue weighted by Crippen LogP contribution is -2.46. The number of ether oxygens (including phenoxy) is 1. The van der Waals surface area contributed by atoms with Gasteiger partial charge in [0.2, 0.25) is 0 Å². The topological polar surface area (TPSA) is 32.8 Å². The predicted molar refractivity (Wildman–Crippen MR) is 98.2 cm³/mol. The Labute approximate surface area is 150 Å². The number of allylic oxidation sites excluding steroid dienone is 1. The Kier molecular flexibility index (Phi) is 6.22. The number of alkyl halides is 1. The van der Waals surface area contributed by atoms with E-state index in [1.807, 2.05) is 51.1 Å². The molecule has 1 saturated heterocycles. The van der Waals surface area contributed by atoms with Crippen LogP contribution in [0.5, 0.6) is 0 Å². The third-order valence-corrected chi connectivity index (χ3v) is 4.08. The van der Waals surface area contributed by atoms with Crippen LogP contribution in [0.4, 0.5) is 9.18 Å². The number of halogens is 1. The third kappa shape index (κ3) is 6.16. The van der Waals surface area contributed by atoms with Crippen molar-refractivity contribution >= 4 is 6.09 Å². The van der Waals surface area contributed by atoms with E-state index in [1.165, 1.54) is 4.90 Å². The molecule has 0 N–H and O–H groups in total. The summed E-state index contributed by atoms with van der Waals surface area (Å²) in [5.41, 5.74) is -0.983. The number of rotatable bonds is 4. The summed E-state index contributed by atoms with van der Waals surface area (Å²) in [7, 11) is 0. The second kappa shape index (κ2) is 8.00. The molecule has 0 radical (unpaired) electrons. The van der Waals surface area contributed by atoms with Crippen LogP contribution >= 0.6 is 0 Å². The maximum atomic E-state index is 15.5. The van der Waals surface area contributed by atoms with Crippen molar-refractivity contribution in [2.45, 2.75) is 45.0 Å². The average molecular weight is 348 g/mol. The molecule has 1 aromatic carbocycles. The number of amides is 1. The Balaban J connectivity index is 2.12. The lowest BCUT2D eigenvalue weighted by Gasteiger charge is -2.31. The number of benzene rings is 1. The summed E-state index contributed by atoms with van der Waals surface area (Å²) in [6.45, 7) is 11.1. The van der Waals surface area contributed by atoms with Gasteiger partial charge in [-0.25, -0.2) is 9.18 Å². The first kappa shape index (κ1) is 19.4. The van der Waals surface area contributed by atoms with Crippen LogP contribution < -0.4 is 0 Å². The minimum Gasteiger partial charge on any atom is -0.444 e. The Morgan fingerprint density at radius 2 is 1.96 bits per heavy atom. The number of carbonyl (C=O) groups is 1. The highest BCUT2D eigenvalue weighted by atomic mass is 19.1. The van der Waals surface area contributed by atoms with Gasteiger partial charge >= 0.3 is 6.09 Å². The Morgan fingerprint density at radius 1 is 1.28 bits per heavy atom. The highest BCUT2D eigenvalue weighted by Crippen LogP contribution is 2.25. The van der Waals surface area contributed by atoms with E-state index < -0.39 is 17.4 Å². The molecule has 138 valence electrons. The molecule has 2 rings (SSSR count). The van der Waals surface area contributed by atoms with Gasteiger partial charge in [0, 0.05) is 32.6 Å². The van der Waals surface area contributed by atoms with Gasteiger partial charge in [-0.3, -0.25) is 4.90 Å². The van der Waals surface area contributed by atoms with Crippen LogP contribution in [-0.4, -0.2) is 53.3 Å². The van der Waals surface area contributed by atoms with Crippen molar-refractivity contribution < 1.29 is 13.9 Å². The van der Waals surface area contributed by atoms with E-state index in [0.717, 1.165) is 5.56 Å². The van der Waals surface area contributed by atoms with Gasteiger partial charge in [0.05, 0.1) is 6.54 Å². The van der Waals surface area contributed by atoms with E-state index in [4.69, 9.17) is 4.74 Å². The fourth-order valence-electron chi connectivity index (χ4n) is 3.06. The largest absolute Gasteiger partial charge is 0.444 e. The molecule has 1 unspecified atom stereocenters. The Bertz CT molecular complexity index is 585. The summed E-state index contributed by atoms with van der Waals surface area (Å²) in [6, 6.07) is 9.99. The standard InChI is InChI=1S/C20H29FN2O2/c1-5-11-20(21)15-22(14-17-9-7-6-8-10-17)12-13-23(16-20)18(24)25-19(2,3)4/h5-10H,1,11-16H2,2-4H3. The van der Waals surface area contributed by atoms with Crippen molar-refractivity contribution in [3.05, 3.63) is 48.6 Å². The van der Waals surface area contributed by atoms with Crippen LogP contribution in [0.1, 0.15) is 32.8 Å². The molecule has 1 amide bonds. The lowest BCUT2D eigenvalue weighted by molar-refractivity contribution is 0.0145. The van der Waals surface area contributed by atoms with Crippen molar-refractivity contribution in [3.8, 4) is 0 Å². The molecule has 1 atom stereocenters. The van der Waals surface area contributed by atoms with Crippen LogP contribution in [0.2, 0.25) is 0 Å². The molecular weight excluding hydrogens is 319 g/mol. The van der Waals surface area contributed by atoms with Crippen molar-refractivity contribution in [1.82, 2.24) is 9.80 Å². The van der Waals surface area contributed by atoms with Gasteiger partial charge in [0.15, 0.2) is 0 Å². The molecule has 0 aliphatic carbocycles. The first-order valence-corrected chi connectivity index (χ1v) is 8.75. The average Bonchev–Trinajstić information content (AvgIpc) is 2.66. The van der Waals surface area contributed by atoms with Gasteiger partial charge in [0.1, 0.15) is 11.3 Å². The van der Waals surface area contributed by atoms with Gasteiger partial charge in [-0.15, -0.1) is 6.58 Å². The maximum absolute atomic E-state index is 15.5. The van der Waals surface area contributed by atoms with Gasteiger partial charge in [-0.05, 0) is 26.3 Å². The molecule has 0 bridgehead atoms. The molecule has 5 heteroatoms. The normalized spacial score (nSPS) is 22.3. The maximum Gasteiger partial charge on any atom is 0.410 e. The zero-order chi connectivity index (χ0) is 18.5. The highest BCUT2D eigenvalue weighted by Gasteiger charge is 2.38. The van der Waals surface area contributed by atoms with Crippen LogP contribution in [0.15, 0.2) is 43.0 Å². The van der Waals surface area contributed by atoms with E-state index in [-0.39, 0.29) is 19.5 Å². The second-order valence-corrected chi connectivity index (χ2v) is 7.74. The lowest BCUT2D eigenvalue weighted by atomic mass is 10.0. The molecule has 1 aliphatic heterocycles. The first-order valence-electron chi connectivity index (χ1n) is 8.75. The third-order valence-electron chi connectivity index (χ3n) is 4.08. The number of nitrogens with zero attached hydrogens (tertiary/aromatic N) is 2. The molecular formula is C20H29FN2O2. The van der Waals surface area contributed by atoms with Crippen LogP contribution in [0, 0.1) is 0 Å². The molecule has 25 heavy (non-hydrogen) atoms. The predicted octanol–water partition coefficient (Wildman–Crippen LogP) is 4.02. The highest BCUT2D eigenvalue weighted by molar-refractivity contribution is 5.68. The summed E-state index contributed by atoms with van der Waals surface area (Å²) in [6.07, 6.45) is 1.33. The van der Waals surface area contributed by atoms with Crippen molar-refractivity contribution in [2.24, 2.45) is 0 Å². The zero-order valence-corrected chi connectivity index (χ0v) is 15.5. The first-order chi connectivity index (χ1) is 11.7. The molecule has 0 spiro atoms. The summed E-state index contributed by atoms with van der Waals surface area (Å²) in [4.78, 5) is 16.0. The second-order valence-electron chi connectivity index (χ2n) is 7.74. The molecule has 0 aromatic heterocycles. The van der Waals surface area contributed by atoms with Crippen molar-refractivity contribution in [3.63, 3.8) is 0 Å². The quantitative estimate of drug-likeness (QED) is 0.771. The summed E-state index contributed by atoms with van der Waals surface area (Å²) >= 11 is 0. The van der Waals surface area contributed by atoms with Gasteiger partial charge in [-0.2, -0.15) is 0 Å². The van der Waals surface area contributed by atoms with Crippen LogP contribution in [0.3, 0.4) is 0 Å². The fraction of sp³-hybridized carbons (Fsp3) is 0.550. The van der Waals surface area contributed by atoms with E-state index >= 15 is 4.39 Å². The minimum absolute atomic E-state index is 0.0270. The zero-order valence-electron chi connectivity index (χ0n) is 15.5. The molecule has 1 aliphatic rings. The summed E-state index contributed by atoms with van der Waals surface area (Å²) < 4.78 is 20.9. The van der Waals surface area contributed by atoms with E-state index in [0.29, 0.717) is 19.6 Å². The van der Waals surface area contributed by atoms with Crippen molar-refractivity contribution in [2.75, 3.05) is 26.2 Å². The number of carbonyl (C=O) groups excluding carboxylic acids is 1. The molecule has 0 saturated carbocycles. The Morgan fingerprint density at radius 3 is 2.56 bits per heavy atom. The molecule has 1 heterocycles. The molecule has 1 aromatic rings. The van der Waals surface area contributed by atoms with E-state index in [9.17, 15) is 4.79 Å². The van der Waals surface area contributed by atoms with Gasteiger partial charge in [0.25, 0.3) is 0 Å². The smallest absolute Gasteiger partial charge is 0.410 e. The number of hydrogen-bond donors (Lipinski definition) is 0. The Hall–Kier alpha value is -1.88. The fourth-order valence-corrected chi connectivity index (χ4v) is 3.06.